The molecule has 2 rings (SSSR count). The van der Waals surface area contributed by atoms with Gasteiger partial charge >= 0.3 is 5.97 Å². The van der Waals surface area contributed by atoms with Gasteiger partial charge in [0.2, 0.25) is 5.91 Å². The summed E-state index contributed by atoms with van der Waals surface area (Å²) in [5.74, 6) is -0.454. The maximum atomic E-state index is 12.2. The van der Waals surface area contributed by atoms with Crippen molar-refractivity contribution in [1.29, 1.82) is 0 Å². The molecule has 0 aromatic carbocycles. The Morgan fingerprint density at radius 2 is 1.89 bits per heavy atom. The van der Waals surface area contributed by atoms with E-state index in [1.165, 1.54) is 0 Å². The van der Waals surface area contributed by atoms with E-state index < -0.39 is 12.0 Å². The van der Waals surface area contributed by atoms with Crippen LogP contribution in [-0.4, -0.2) is 40.0 Å². The van der Waals surface area contributed by atoms with E-state index in [2.05, 4.69) is 0 Å². The average molecular weight is 254 g/mol. The number of carbonyl (C=O) groups excluding carboxylic acids is 1. The summed E-state index contributed by atoms with van der Waals surface area (Å²) in [6.45, 7) is 1.92. The van der Waals surface area contributed by atoms with E-state index in [9.17, 15) is 9.59 Å². The number of amides is 1. The van der Waals surface area contributed by atoms with E-state index in [0.29, 0.717) is 6.42 Å². The Labute approximate surface area is 107 Å². The van der Waals surface area contributed by atoms with Crippen molar-refractivity contribution < 1.29 is 14.7 Å². The van der Waals surface area contributed by atoms with Crippen molar-refractivity contribution in [2.24, 2.45) is 11.7 Å². The predicted octanol–water partition coefficient (Wildman–Crippen LogP) is 0.968. The molecule has 0 aromatic rings. The number of piperidine rings is 1. The minimum Gasteiger partial charge on any atom is -0.481 e. The van der Waals surface area contributed by atoms with Gasteiger partial charge in [0.1, 0.15) is 0 Å². The lowest BCUT2D eigenvalue weighted by Crippen LogP contribution is -2.52. The lowest BCUT2D eigenvalue weighted by Gasteiger charge is -2.39. The molecule has 2 bridgehead atoms. The Kier molecular flexibility index (Phi) is 3.90. The fourth-order valence-corrected chi connectivity index (χ4v) is 3.43. The highest BCUT2D eigenvalue weighted by atomic mass is 16.4. The van der Waals surface area contributed by atoms with Crippen LogP contribution in [0.5, 0.6) is 0 Å². The number of nitrogens with zero attached hydrogens (tertiary/aromatic N) is 1. The smallest absolute Gasteiger partial charge is 0.303 e. The van der Waals surface area contributed by atoms with Crippen molar-refractivity contribution in [3.05, 3.63) is 0 Å². The van der Waals surface area contributed by atoms with Crippen molar-refractivity contribution in [2.45, 2.75) is 63.6 Å². The summed E-state index contributed by atoms with van der Waals surface area (Å²) in [6, 6.07) is 0.0422. The largest absolute Gasteiger partial charge is 0.481 e. The number of hydrogen-bond acceptors (Lipinski definition) is 3. The molecule has 3 N–H and O–H groups in total. The number of carboxylic acid groups (broad SMARTS) is 1. The zero-order valence-electron chi connectivity index (χ0n) is 10.8. The molecule has 0 aromatic heterocycles. The summed E-state index contributed by atoms with van der Waals surface area (Å²) in [6.07, 6.45) is 4.55. The minimum atomic E-state index is -0.732. The molecule has 102 valence electrons. The van der Waals surface area contributed by atoms with E-state index >= 15 is 0 Å². The molecule has 18 heavy (non-hydrogen) atoms. The van der Waals surface area contributed by atoms with Crippen LogP contribution in [0, 0.1) is 5.92 Å². The van der Waals surface area contributed by atoms with Gasteiger partial charge in [-0.2, -0.15) is 0 Å². The lowest BCUT2D eigenvalue weighted by atomic mass is 9.87. The van der Waals surface area contributed by atoms with E-state index in [4.69, 9.17) is 10.8 Å². The first-order chi connectivity index (χ1) is 8.52. The summed E-state index contributed by atoms with van der Waals surface area (Å²) in [4.78, 5) is 24.9. The van der Waals surface area contributed by atoms with Gasteiger partial charge in [0.05, 0.1) is 6.04 Å². The third-order valence-corrected chi connectivity index (χ3v) is 4.31. The second-order valence-corrected chi connectivity index (χ2v) is 5.58. The van der Waals surface area contributed by atoms with Crippen molar-refractivity contribution in [2.75, 3.05) is 0 Å². The van der Waals surface area contributed by atoms with Crippen LogP contribution >= 0.6 is 0 Å². The lowest BCUT2D eigenvalue weighted by molar-refractivity contribution is -0.140. The SMILES string of the molecule is CC[C@@H](N)C(=O)N1C2CCC1CC(CC(=O)O)C2. The number of nitrogens with two attached hydrogens (primary N) is 1. The highest BCUT2D eigenvalue weighted by Gasteiger charge is 2.44. The molecule has 3 atom stereocenters. The molecule has 2 aliphatic heterocycles. The van der Waals surface area contributed by atoms with E-state index in [1.807, 2.05) is 11.8 Å². The van der Waals surface area contributed by atoms with Crippen molar-refractivity contribution in [1.82, 2.24) is 4.90 Å². The second-order valence-electron chi connectivity index (χ2n) is 5.58. The second kappa shape index (κ2) is 5.26. The number of rotatable bonds is 4. The number of carbonyl (C=O) groups is 2. The fourth-order valence-electron chi connectivity index (χ4n) is 3.43. The third-order valence-electron chi connectivity index (χ3n) is 4.31. The molecule has 0 spiro atoms. The van der Waals surface area contributed by atoms with Gasteiger partial charge in [-0.05, 0) is 38.0 Å². The summed E-state index contributed by atoms with van der Waals surface area (Å²) in [5, 5.41) is 8.86. The molecule has 0 saturated carbocycles. The van der Waals surface area contributed by atoms with Crippen molar-refractivity contribution >= 4 is 11.9 Å². The first kappa shape index (κ1) is 13.3. The molecule has 5 nitrogen and oxygen atoms in total. The Balaban J connectivity index is 2.02. The van der Waals surface area contributed by atoms with Gasteiger partial charge in [-0.15, -0.1) is 0 Å². The number of hydrogen-bond donors (Lipinski definition) is 2. The Morgan fingerprint density at radius 1 is 1.33 bits per heavy atom. The molecule has 2 aliphatic rings. The average Bonchev–Trinajstić information content (AvgIpc) is 2.58. The predicted molar refractivity (Wildman–Crippen MR) is 66.9 cm³/mol. The van der Waals surface area contributed by atoms with Gasteiger partial charge in [0.15, 0.2) is 0 Å². The van der Waals surface area contributed by atoms with Crippen LogP contribution in [0.2, 0.25) is 0 Å². The van der Waals surface area contributed by atoms with Crippen molar-refractivity contribution in [3.8, 4) is 0 Å². The molecular weight excluding hydrogens is 232 g/mol. The van der Waals surface area contributed by atoms with E-state index in [1.54, 1.807) is 0 Å². The summed E-state index contributed by atoms with van der Waals surface area (Å²) < 4.78 is 0. The molecule has 1 amide bonds. The molecule has 5 heteroatoms. The highest BCUT2D eigenvalue weighted by Crippen LogP contribution is 2.40. The summed E-state index contributed by atoms with van der Waals surface area (Å²) >= 11 is 0. The van der Waals surface area contributed by atoms with Crippen LogP contribution in [0.4, 0.5) is 0 Å². The molecular formula is C13H22N2O3. The van der Waals surface area contributed by atoms with Crippen molar-refractivity contribution in [3.63, 3.8) is 0 Å². The van der Waals surface area contributed by atoms with Gasteiger partial charge in [0, 0.05) is 18.5 Å². The van der Waals surface area contributed by atoms with Gasteiger partial charge in [0.25, 0.3) is 0 Å². The van der Waals surface area contributed by atoms with E-state index in [-0.39, 0.29) is 30.3 Å². The number of carboxylic acids is 1. The minimum absolute atomic E-state index is 0.0544. The maximum absolute atomic E-state index is 12.2. The van der Waals surface area contributed by atoms with Crippen LogP contribution < -0.4 is 5.73 Å². The molecule has 0 radical (unpaired) electrons. The Hall–Kier alpha value is -1.10. The van der Waals surface area contributed by atoms with Crippen LogP contribution in [0.3, 0.4) is 0 Å². The summed E-state index contributed by atoms with van der Waals surface area (Å²) in [5.41, 5.74) is 5.83. The topological polar surface area (TPSA) is 83.6 Å². The number of aliphatic carboxylic acids is 1. The van der Waals surface area contributed by atoms with Crippen LogP contribution in [-0.2, 0) is 9.59 Å². The quantitative estimate of drug-likeness (QED) is 0.783. The third kappa shape index (κ3) is 2.51. The van der Waals surface area contributed by atoms with Gasteiger partial charge in [-0.3, -0.25) is 9.59 Å². The van der Waals surface area contributed by atoms with Crippen LogP contribution in [0.15, 0.2) is 0 Å². The Morgan fingerprint density at radius 3 is 2.33 bits per heavy atom. The Bertz CT molecular complexity index is 331. The monoisotopic (exact) mass is 254 g/mol. The molecule has 0 aliphatic carbocycles. The molecule has 2 heterocycles. The normalized spacial score (nSPS) is 32.3. The first-order valence-electron chi connectivity index (χ1n) is 6.82. The van der Waals surface area contributed by atoms with Gasteiger partial charge in [-0.25, -0.2) is 0 Å². The van der Waals surface area contributed by atoms with Gasteiger partial charge in [-0.1, -0.05) is 6.92 Å². The first-order valence-corrected chi connectivity index (χ1v) is 6.82. The van der Waals surface area contributed by atoms with E-state index in [0.717, 1.165) is 25.7 Å². The molecule has 2 saturated heterocycles. The zero-order chi connectivity index (χ0) is 13.3. The summed E-state index contributed by atoms with van der Waals surface area (Å²) in [7, 11) is 0. The zero-order valence-corrected chi connectivity index (χ0v) is 10.8. The van der Waals surface area contributed by atoms with Crippen LogP contribution in [0.25, 0.3) is 0 Å². The number of fused-ring (bicyclic) bond motifs is 2. The highest BCUT2D eigenvalue weighted by molar-refractivity contribution is 5.82. The fraction of sp³-hybridized carbons (Fsp3) is 0.846. The molecule has 2 unspecified atom stereocenters. The van der Waals surface area contributed by atoms with Crippen LogP contribution in [0.1, 0.15) is 45.4 Å². The maximum Gasteiger partial charge on any atom is 0.303 e. The molecule has 2 fully saturated rings. The van der Waals surface area contributed by atoms with Gasteiger partial charge < -0.3 is 15.7 Å². The standard InChI is InChI=1S/C13H22N2O3/c1-2-11(14)13(18)15-9-3-4-10(15)6-8(5-9)7-12(16)17/h8-11H,2-7,14H2,1H3,(H,16,17)/t8?,9?,10?,11-/m1/s1.